The summed E-state index contributed by atoms with van der Waals surface area (Å²) in [5, 5.41) is 6.83. The van der Waals surface area contributed by atoms with Crippen LogP contribution < -0.4 is 15.8 Å². The van der Waals surface area contributed by atoms with E-state index in [1.807, 2.05) is 6.92 Å². The van der Waals surface area contributed by atoms with Crippen LogP contribution in [0.15, 0.2) is 35.1 Å². The molecule has 1 amide bonds. The molecule has 1 unspecified atom stereocenters. The smallest absolute Gasteiger partial charge is 0.272 e. The number of carbonyl (C=O) groups is 1. The number of benzene rings is 1. The fourth-order valence-corrected chi connectivity index (χ4v) is 3.44. The van der Waals surface area contributed by atoms with Gasteiger partial charge in [0, 0.05) is 50.5 Å². The second kappa shape index (κ2) is 8.52. The van der Waals surface area contributed by atoms with E-state index in [-0.39, 0.29) is 17.1 Å². The van der Waals surface area contributed by atoms with E-state index in [2.05, 4.69) is 27.1 Å². The Morgan fingerprint density at radius 3 is 2.57 bits per heavy atom. The zero-order valence-electron chi connectivity index (χ0n) is 16.5. The zero-order chi connectivity index (χ0) is 20.3. The van der Waals surface area contributed by atoms with Crippen LogP contribution in [0.5, 0.6) is 0 Å². The number of rotatable bonds is 5. The van der Waals surface area contributed by atoms with Crippen molar-refractivity contribution in [2.24, 2.45) is 7.05 Å². The molecule has 1 aliphatic rings. The Morgan fingerprint density at radius 1 is 1.21 bits per heavy atom. The van der Waals surface area contributed by atoms with Crippen LogP contribution in [0.3, 0.4) is 0 Å². The maximum atomic E-state index is 14.0. The first kappa shape index (κ1) is 20.0. The van der Waals surface area contributed by atoms with Crippen molar-refractivity contribution >= 4 is 11.6 Å². The predicted molar refractivity (Wildman–Crippen MR) is 106 cm³/mol. The van der Waals surface area contributed by atoms with Crippen LogP contribution in [0, 0.1) is 5.82 Å². The maximum absolute atomic E-state index is 14.0. The highest BCUT2D eigenvalue weighted by atomic mass is 19.1. The standard InChI is InChI=1S/C20H26FN5O2/c1-4-25-9-11-26(12-10-25)18-7-5-15(21)13-16(18)14(2)22-20(28)17-6-8-19(27)24(3)23-17/h5-8,13-14H,4,9-12H2,1-3H3,(H,22,28). The Balaban J connectivity index is 1.80. The van der Waals surface area contributed by atoms with Gasteiger partial charge in [-0.15, -0.1) is 0 Å². The van der Waals surface area contributed by atoms with Gasteiger partial charge in [0.05, 0.1) is 6.04 Å². The Kier molecular flexibility index (Phi) is 6.08. The van der Waals surface area contributed by atoms with Crippen LogP contribution in [0.2, 0.25) is 0 Å². The average molecular weight is 387 g/mol. The predicted octanol–water partition coefficient (Wildman–Crippen LogP) is 1.55. The minimum Gasteiger partial charge on any atom is -0.369 e. The van der Waals surface area contributed by atoms with Crippen molar-refractivity contribution in [2.45, 2.75) is 19.9 Å². The van der Waals surface area contributed by atoms with Crippen LogP contribution in [-0.2, 0) is 7.05 Å². The lowest BCUT2D eigenvalue weighted by atomic mass is 10.0. The second-order valence-electron chi connectivity index (χ2n) is 7.00. The van der Waals surface area contributed by atoms with E-state index in [9.17, 15) is 14.0 Å². The quantitative estimate of drug-likeness (QED) is 0.843. The Morgan fingerprint density at radius 2 is 1.93 bits per heavy atom. The minimum absolute atomic E-state index is 0.142. The molecule has 1 aliphatic heterocycles. The van der Waals surface area contributed by atoms with Crippen molar-refractivity contribution in [3.05, 3.63) is 57.8 Å². The number of nitrogens with zero attached hydrogens (tertiary/aromatic N) is 4. The van der Waals surface area contributed by atoms with Gasteiger partial charge in [-0.25, -0.2) is 9.07 Å². The van der Waals surface area contributed by atoms with Crippen molar-refractivity contribution in [2.75, 3.05) is 37.6 Å². The van der Waals surface area contributed by atoms with Gasteiger partial charge in [0.25, 0.3) is 11.5 Å². The third kappa shape index (κ3) is 4.39. The van der Waals surface area contributed by atoms with E-state index in [1.54, 1.807) is 6.07 Å². The monoisotopic (exact) mass is 387 g/mol. The summed E-state index contributed by atoms with van der Waals surface area (Å²) in [7, 11) is 1.49. The number of hydrogen-bond acceptors (Lipinski definition) is 5. The van der Waals surface area contributed by atoms with Gasteiger partial charge in [0.15, 0.2) is 0 Å². The number of carbonyl (C=O) groups excluding carboxylic acids is 1. The number of anilines is 1. The van der Waals surface area contributed by atoms with Crippen LogP contribution in [0.4, 0.5) is 10.1 Å². The van der Waals surface area contributed by atoms with Crippen molar-refractivity contribution in [1.82, 2.24) is 20.0 Å². The number of hydrogen-bond donors (Lipinski definition) is 1. The highest BCUT2D eigenvalue weighted by molar-refractivity contribution is 5.92. The molecule has 1 aromatic heterocycles. The maximum Gasteiger partial charge on any atom is 0.272 e. The molecule has 3 rings (SSSR count). The molecule has 8 heteroatoms. The van der Waals surface area contributed by atoms with Gasteiger partial charge in [-0.3, -0.25) is 9.59 Å². The summed E-state index contributed by atoms with van der Waals surface area (Å²) in [6.45, 7) is 8.60. The van der Waals surface area contributed by atoms with Gasteiger partial charge < -0.3 is 15.1 Å². The van der Waals surface area contributed by atoms with E-state index >= 15 is 0 Å². The summed E-state index contributed by atoms with van der Waals surface area (Å²) in [6, 6.07) is 6.98. The van der Waals surface area contributed by atoms with Crippen molar-refractivity contribution in [1.29, 1.82) is 0 Å². The molecule has 1 atom stereocenters. The summed E-state index contributed by atoms with van der Waals surface area (Å²) in [6.07, 6.45) is 0. The van der Waals surface area contributed by atoms with E-state index in [0.717, 1.165) is 48.7 Å². The minimum atomic E-state index is -0.415. The molecule has 0 saturated carbocycles. The molecular formula is C20H26FN5O2. The van der Waals surface area contributed by atoms with Gasteiger partial charge in [-0.05, 0) is 37.7 Å². The first-order chi connectivity index (χ1) is 13.4. The van der Waals surface area contributed by atoms with Gasteiger partial charge >= 0.3 is 0 Å². The SMILES string of the molecule is CCN1CCN(c2ccc(F)cc2C(C)NC(=O)c2ccc(=O)n(C)n2)CC1. The van der Waals surface area contributed by atoms with Crippen LogP contribution in [0.25, 0.3) is 0 Å². The fraction of sp³-hybridized carbons (Fsp3) is 0.450. The lowest BCUT2D eigenvalue weighted by molar-refractivity contribution is 0.0932. The Labute approximate surface area is 163 Å². The van der Waals surface area contributed by atoms with Crippen LogP contribution in [0.1, 0.15) is 35.9 Å². The number of piperazine rings is 1. The Bertz CT molecular complexity index is 906. The summed E-state index contributed by atoms with van der Waals surface area (Å²) >= 11 is 0. The first-order valence-electron chi connectivity index (χ1n) is 9.51. The molecule has 0 spiro atoms. The molecule has 1 N–H and O–H groups in total. The van der Waals surface area contributed by atoms with E-state index in [4.69, 9.17) is 0 Å². The largest absolute Gasteiger partial charge is 0.369 e. The lowest BCUT2D eigenvalue weighted by Gasteiger charge is -2.37. The van der Waals surface area contributed by atoms with E-state index < -0.39 is 11.9 Å². The third-order valence-electron chi connectivity index (χ3n) is 5.16. The fourth-order valence-electron chi connectivity index (χ4n) is 3.44. The molecule has 0 aliphatic carbocycles. The zero-order valence-corrected chi connectivity index (χ0v) is 16.5. The molecule has 2 heterocycles. The van der Waals surface area contributed by atoms with Crippen molar-refractivity contribution < 1.29 is 9.18 Å². The first-order valence-corrected chi connectivity index (χ1v) is 9.51. The van der Waals surface area contributed by atoms with Crippen LogP contribution in [-0.4, -0.2) is 53.3 Å². The average Bonchev–Trinajstić information content (AvgIpc) is 2.70. The summed E-state index contributed by atoms with van der Waals surface area (Å²) < 4.78 is 15.1. The molecular weight excluding hydrogens is 361 g/mol. The number of aryl methyl sites for hydroxylation is 1. The van der Waals surface area contributed by atoms with E-state index in [0.29, 0.717) is 0 Å². The summed E-state index contributed by atoms with van der Waals surface area (Å²) in [4.78, 5) is 28.6. The summed E-state index contributed by atoms with van der Waals surface area (Å²) in [5.74, 6) is -0.749. The molecule has 0 bridgehead atoms. The van der Waals surface area contributed by atoms with Crippen LogP contribution >= 0.6 is 0 Å². The third-order valence-corrected chi connectivity index (χ3v) is 5.16. The van der Waals surface area contributed by atoms with Gasteiger partial charge in [-0.1, -0.05) is 6.92 Å². The summed E-state index contributed by atoms with van der Waals surface area (Å²) in [5.41, 5.74) is 1.51. The highest BCUT2D eigenvalue weighted by Crippen LogP contribution is 2.28. The number of likely N-dealkylation sites (N-methyl/N-ethyl adjacent to an activating group) is 1. The number of amides is 1. The van der Waals surface area contributed by atoms with Gasteiger partial charge in [0.2, 0.25) is 0 Å². The number of aromatic nitrogens is 2. The number of nitrogens with one attached hydrogen (secondary N) is 1. The molecule has 7 nitrogen and oxygen atoms in total. The highest BCUT2D eigenvalue weighted by Gasteiger charge is 2.22. The molecule has 150 valence electrons. The normalized spacial score (nSPS) is 16.1. The molecule has 0 radical (unpaired) electrons. The molecule has 28 heavy (non-hydrogen) atoms. The lowest BCUT2D eigenvalue weighted by Crippen LogP contribution is -2.46. The van der Waals surface area contributed by atoms with Crippen molar-refractivity contribution in [3.63, 3.8) is 0 Å². The second-order valence-corrected chi connectivity index (χ2v) is 7.00. The van der Waals surface area contributed by atoms with Gasteiger partial charge in [-0.2, -0.15) is 5.10 Å². The molecule has 1 fully saturated rings. The molecule has 2 aromatic rings. The van der Waals surface area contributed by atoms with Gasteiger partial charge in [0.1, 0.15) is 11.5 Å². The van der Waals surface area contributed by atoms with E-state index in [1.165, 1.54) is 31.3 Å². The topological polar surface area (TPSA) is 70.5 Å². The van der Waals surface area contributed by atoms with Crippen molar-refractivity contribution in [3.8, 4) is 0 Å². The molecule has 1 saturated heterocycles. The Hall–Kier alpha value is -2.74. The molecule has 1 aromatic carbocycles. The number of halogens is 1.